The van der Waals surface area contributed by atoms with Crippen LogP contribution in [0.15, 0.2) is 78.9 Å². The van der Waals surface area contributed by atoms with Crippen LogP contribution < -0.4 is 21.3 Å². The maximum absolute atomic E-state index is 13.1. The third kappa shape index (κ3) is 11.3. The van der Waals surface area contributed by atoms with Crippen LogP contribution in [0.1, 0.15) is 22.6 Å². The summed E-state index contributed by atoms with van der Waals surface area (Å²) in [7, 11) is -9.80. The van der Waals surface area contributed by atoms with Gasteiger partial charge in [0.25, 0.3) is 20.2 Å². The Balaban J connectivity index is 1.34. The van der Waals surface area contributed by atoms with Crippen molar-refractivity contribution in [3.05, 3.63) is 95.6 Å². The zero-order valence-corrected chi connectivity index (χ0v) is 27.4. The number of rotatable bonds is 15. The smallest absolute Gasteiger partial charge is 0.407 e. The molecule has 0 bridgehead atoms. The summed E-state index contributed by atoms with van der Waals surface area (Å²) < 4.78 is 75.8. The Labute approximate surface area is 282 Å². The number of benzene rings is 3. The SMILES string of the molecule is O=C(NCCNC(=O)[C@H](CS(=O)(=O)O)NC(=O)[C@H](CS(=O)(=O)O)NC(=O)OCC1c2ccccc2-c2ccccc21)OCc1ccccc1. The number of carbonyl (C=O) groups excluding carboxylic acids is 4. The van der Waals surface area contributed by atoms with E-state index >= 15 is 0 Å². The normalized spacial score (nSPS) is 13.6. The summed E-state index contributed by atoms with van der Waals surface area (Å²) in [5.74, 6) is -5.61. The molecule has 0 heterocycles. The van der Waals surface area contributed by atoms with Crippen molar-refractivity contribution in [3.8, 4) is 11.1 Å². The van der Waals surface area contributed by atoms with Crippen molar-refractivity contribution in [3.63, 3.8) is 0 Å². The molecule has 0 unspecified atom stereocenters. The lowest BCUT2D eigenvalue weighted by atomic mass is 9.98. The molecule has 6 N–H and O–H groups in total. The van der Waals surface area contributed by atoms with Crippen LogP contribution in [0.3, 0.4) is 0 Å². The van der Waals surface area contributed by atoms with E-state index < -0.39 is 67.8 Å². The molecule has 0 spiro atoms. The minimum absolute atomic E-state index is 0.0176. The van der Waals surface area contributed by atoms with Crippen LogP contribution in [-0.4, -0.2) is 93.2 Å². The van der Waals surface area contributed by atoms with E-state index in [0.29, 0.717) is 0 Å². The number of alkyl carbamates (subject to hydrolysis) is 2. The second kappa shape index (κ2) is 16.4. The predicted octanol–water partition coefficient (Wildman–Crippen LogP) is 1.20. The monoisotopic (exact) mass is 718 g/mol. The highest BCUT2D eigenvalue weighted by atomic mass is 32.2. The molecule has 0 aromatic heterocycles. The molecule has 0 saturated heterocycles. The summed E-state index contributed by atoms with van der Waals surface area (Å²) in [6, 6.07) is 19.7. The molecule has 1 aliphatic carbocycles. The molecular formula is C31H34N4O12S2. The number of carbonyl (C=O) groups is 4. The summed E-state index contributed by atoms with van der Waals surface area (Å²) >= 11 is 0. The molecule has 4 amide bonds. The first-order valence-corrected chi connectivity index (χ1v) is 18.0. The Bertz CT molecular complexity index is 1840. The summed E-state index contributed by atoms with van der Waals surface area (Å²) in [6.45, 7) is -0.678. The van der Waals surface area contributed by atoms with Gasteiger partial charge in [-0.1, -0.05) is 78.9 Å². The van der Waals surface area contributed by atoms with Gasteiger partial charge >= 0.3 is 12.2 Å². The zero-order chi connectivity index (χ0) is 35.6. The zero-order valence-electron chi connectivity index (χ0n) is 25.8. The molecule has 1 aliphatic rings. The van der Waals surface area contributed by atoms with Gasteiger partial charge in [-0.3, -0.25) is 18.7 Å². The second-order valence-corrected chi connectivity index (χ2v) is 13.9. The van der Waals surface area contributed by atoms with Gasteiger partial charge in [-0.05, 0) is 27.8 Å². The number of nitrogens with one attached hydrogen (secondary N) is 4. The molecular weight excluding hydrogens is 684 g/mol. The fourth-order valence-corrected chi connectivity index (χ4v) is 6.40. The molecule has 0 aliphatic heterocycles. The molecule has 49 heavy (non-hydrogen) atoms. The molecule has 18 heteroatoms. The molecule has 4 rings (SSSR count). The van der Waals surface area contributed by atoms with Crippen molar-refractivity contribution in [1.29, 1.82) is 0 Å². The molecule has 3 aromatic carbocycles. The third-order valence-electron chi connectivity index (χ3n) is 7.25. The molecule has 262 valence electrons. The largest absolute Gasteiger partial charge is 0.449 e. The molecule has 0 saturated carbocycles. The highest BCUT2D eigenvalue weighted by Crippen LogP contribution is 2.44. The Hall–Kier alpha value is -5.04. The predicted molar refractivity (Wildman–Crippen MR) is 174 cm³/mol. The summed E-state index contributed by atoms with van der Waals surface area (Å²) in [6.07, 6.45) is -2.06. The Kier molecular flexibility index (Phi) is 12.3. The lowest BCUT2D eigenvalue weighted by Gasteiger charge is -2.22. The second-order valence-electron chi connectivity index (χ2n) is 10.9. The average Bonchev–Trinajstić information content (AvgIpc) is 3.36. The van der Waals surface area contributed by atoms with Crippen molar-refractivity contribution in [1.82, 2.24) is 21.3 Å². The maximum atomic E-state index is 13.1. The number of hydrogen-bond acceptors (Lipinski definition) is 10. The van der Waals surface area contributed by atoms with Gasteiger partial charge in [-0.15, -0.1) is 0 Å². The number of amides is 4. The van der Waals surface area contributed by atoms with Crippen molar-refractivity contribution in [2.24, 2.45) is 0 Å². The first-order valence-electron chi connectivity index (χ1n) is 14.7. The highest BCUT2D eigenvalue weighted by molar-refractivity contribution is 7.86. The average molecular weight is 719 g/mol. The fourth-order valence-electron chi connectivity index (χ4n) is 5.09. The van der Waals surface area contributed by atoms with Crippen molar-refractivity contribution < 1.29 is 54.6 Å². The van der Waals surface area contributed by atoms with Gasteiger partial charge in [-0.25, -0.2) is 9.59 Å². The van der Waals surface area contributed by atoms with E-state index in [2.05, 4.69) is 10.6 Å². The van der Waals surface area contributed by atoms with E-state index in [9.17, 15) is 45.1 Å². The Morgan fingerprint density at radius 2 is 1.14 bits per heavy atom. The number of fused-ring (bicyclic) bond motifs is 3. The quantitative estimate of drug-likeness (QED) is 0.0959. The van der Waals surface area contributed by atoms with E-state index in [-0.39, 0.29) is 32.2 Å². The topological polar surface area (TPSA) is 244 Å². The summed E-state index contributed by atoms with van der Waals surface area (Å²) in [4.78, 5) is 50.5. The van der Waals surface area contributed by atoms with E-state index in [1.165, 1.54) is 0 Å². The third-order valence-corrected chi connectivity index (χ3v) is 8.76. The van der Waals surface area contributed by atoms with Crippen molar-refractivity contribution in [2.45, 2.75) is 24.6 Å². The van der Waals surface area contributed by atoms with Crippen molar-refractivity contribution >= 4 is 44.2 Å². The number of ether oxygens (including phenoxy) is 2. The Morgan fingerprint density at radius 3 is 1.71 bits per heavy atom. The number of hydrogen-bond donors (Lipinski definition) is 6. The van der Waals surface area contributed by atoms with E-state index in [4.69, 9.17) is 9.47 Å². The van der Waals surface area contributed by atoms with Crippen LogP contribution in [0.4, 0.5) is 9.59 Å². The van der Waals surface area contributed by atoms with Gasteiger partial charge in [0, 0.05) is 19.0 Å². The Morgan fingerprint density at radius 1 is 0.633 bits per heavy atom. The summed E-state index contributed by atoms with van der Waals surface area (Å²) in [5.41, 5.74) is 4.37. The van der Waals surface area contributed by atoms with Crippen LogP contribution in [0.5, 0.6) is 0 Å². The molecule has 0 fully saturated rings. The van der Waals surface area contributed by atoms with Gasteiger partial charge in [0.1, 0.15) is 36.8 Å². The lowest BCUT2D eigenvalue weighted by Crippen LogP contribution is -2.57. The first-order chi connectivity index (χ1) is 23.2. The maximum Gasteiger partial charge on any atom is 0.407 e. The van der Waals surface area contributed by atoms with Gasteiger partial charge in [0.2, 0.25) is 11.8 Å². The van der Waals surface area contributed by atoms with Crippen LogP contribution in [0, 0.1) is 0 Å². The van der Waals surface area contributed by atoms with Gasteiger partial charge in [0.05, 0.1) is 0 Å². The van der Waals surface area contributed by atoms with Gasteiger partial charge in [-0.2, -0.15) is 16.8 Å². The highest BCUT2D eigenvalue weighted by Gasteiger charge is 2.34. The van der Waals surface area contributed by atoms with Gasteiger partial charge in [0.15, 0.2) is 0 Å². The summed E-state index contributed by atoms with van der Waals surface area (Å²) in [5, 5.41) is 8.60. The van der Waals surface area contributed by atoms with Gasteiger partial charge < -0.3 is 30.7 Å². The van der Waals surface area contributed by atoms with E-state index in [0.717, 1.165) is 27.8 Å². The van der Waals surface area contributed by atoms with Crippen LogP contribution in [-0.2, 0) is 45.9 Å². The molecule has 0 radical (unpaired) electrons. The molecule has 16 nitrogen and oxygen atoms in total. The van der Waals surface area contributed by atoms with E-state index in [1.54, 1.807) is 30.3 Å². The van der Waals surface area contributed by atoms with Crippen molar-refractivity contribution in [2.75, 3.05) is 31.2 Å². The fraction of sp³-hybridized carbons (Fsp3) is 0.290. The van der Waals surface area contributed by atoms with Crippen LogP contribution in [0.2, 0.25) is 0 Å². The van der Waals surface area contributed by atoms with Crippen LogP contribution in [0.25, 0.3) is 11.1 Å². The standard InChI is InChI=1S/C31H34N4O12S2/c36-28(32-14-15-33-30(38)46-16-20-8-2-1-3-9-20)26(18-48(40,41)42)34-29(37)27(19-49(43,44)45)35-31(39)47-17-25-23-12-6-4-10-21(23)22-11-5-7-13-24(22)25/h1-13,25-27H,14-19H2,(H,32,36)(H,33,38)(H,34,37)(H,35,39)(H,40,41,42)(H,43,44,45)/t26-,27-/m0/s1. The molecule has 2 atom stereocenters. The van der Waals surface area contributed by atoms with Crippen LogP contribution >= 0.6 is 0 Å². The lowest BCUT2D eigenvalue weighted by molar-refractivity contribution is -0.129. The molecule has 3 aromatic rings. The first kappa shape index (κ1) is 36.8. The minimum Gasteiger partial charge on any atom is -0.449 e. The minimum atomic E-state index is -4.92. The van der Waals surface area contributed by atoms with E-state index in [1.807, 2.05) is 59.2 Å².